The number of nitrogens with zero attached hydrogens (tertiary/aromatic N) is 2. The Balaban J connectivity index is 1.72. The lowest BCUT2D eigenvalue weighted by Gasteiger charge is -2.16. The molecule has 3 aromatic heterocycles. The smallest absolute Gasteiger partial charge is 0.222 e. The Labute approximate surface area is 174 Å². The van der Waals surface area contributed by atoms with E-state index in [1.807, 2.05) is 72.2 Å². The molecule has 28 heavy (non-hydrogen) atoms. The molecule has 0 saturated carbocycles. The Morgan fingerprint density at radius 3 is 2.86 bits per heavy atom. The van der Waals surface area contributed by atoms with Gasteiger partial charge in [-0.25, -0.2) is 4.98 Å². The first-order valence-corrected chi connectivity index (χ1v) is 10.4. The largest absolute Gasteiger partial charge is 0.485 e. The van der Waals surface area contributed by atoms with Crippen molar-refractivity contribution >= 4 is 38.8 Å². The van der Waals surface area contributed by atoms with E-state index in [-0.39, 0.29) is 18.4 Å². The summed E-state index contributed by atoms with van der Waals surface area (Å²) < 4.78 is 9.24. The molecule has 0 spiro atoms. The number of hydrogen-bond donors (Lipinski definition) is 1. The fraction of sp³-hybridized carbons (Fsp3) is 0.143. The van der Waals surface area contributed by atoms with Gasteiger partial charge in [-0.2, -0.15) is 0 Å². The van der Waals surface area contributed by atoms with Gasteiger partial charge < -0.3 is 10.5 Å². The van der Waals surface area contributed by atoms with Crippen molar-refractivity contribution < 1.29 is 9.53 Å². The van der Waals surface area contributed by atoms with E-state index in [4.69, 9.17) is 10.5 Å². The average Bonchev–Trinajstić information content (AvgIpc) is 3.25. The number of carbonyl (C=O) groups is 1. The number of pyridine rings is 1. The number of aromatic nitrogens is 2. The van der Waals surface area contributed by atoms with Crippen LogP contribution in [0.25, 0.3) is 16.2 Å². The predicted octanol–water partition coefficient (Wildman–Crippen LogP) is 4.99. The van der Waals surface area contributed by atoms with Crippen LogP contribution in [0.3, 0.4) is 0 Å². The van der Waals surface area contributed by atoms with Crippen LogP contribution in [0.2, 0.25) is 0 Å². The minimum absolute atomic E-state index is 0.138. The van der Waals surface area contributed by atoms with Crippen LogP contribution in [0.1, 0.15) is 23.5 Å². The minimum Gasteiger partial charge on any atom is -0.485 e. The molecule has 1 amide bonds. The van der Waals surface area contributed by atoms with Crippen molar-refractivity contribution in [2.75, 3.05) is 0 Å². The van der Waals surface area contributed by atoms with Gasteiger partial charge in [0.1, 0.15) is 17.5 Å². The number of amides is 1. The van der Waals surface area contributed by atoms with Crippen LogP contribution in [-0.4, -0.2) is 15.3 Å². The zero-order valence-electron chi connectivity index (χ0n) is 15.1. The lowest BCUT2D eigenvalue weighted by molar-refractivity contribution is -0.117. The van der Waals surface area contributed by atoms with E-state index in [9.17, 15) is 4.79 Å². The summed E-state index contributed by atoms with van der Waals surface area (Å²) in [5, 5.41) is 0. The number of thiophene rings is 1. The van der Waals surface area contributed by atoms with Crippen LogP contribution in [0.4, 0.5) is 0 Å². The number of ether oxygens (including phenoxy) is 1. The summed E-state index contributed by atoms with van der Waals surface area (Å²) in [7, 11) is 0. The van der Waals surface area contributed by atoms with Crippen molar-refractivity contribution in [1.29, 1.82) is 0 Å². The van der Waals surface area contributed by atoms with Gasteiger partial charge in [-0.3, -0.25) is 9.20 Å². The number of benzene rings is 1. The van der Waals surface area contributed by atoms with Crippen molar-refractivity contribution in [3.63, 3.8) is 0 Å². The molecule has 4 rings (SSSR count). The molecule has 7 heteroatoms. The molecule has 2 N–H and O–H groups in total. The van der Waals surface area contributed by atoms with Gasteiger partial charge in [0.25, 0.3) is 0 Å². The summed E-state index contributed by atoms with van der Waals surface area (Å²) in [5.41, 5.74) is 8.32. The maximum Gasteiger partial charge on any atom is 0.222 e. The van der Waals surface area contributed by atoms with Gasteiger partial charge in [0.05, 0.1) is 28.1 Å². The molecule has 0 saturated heterocycles. The SMILES string of the molecule is C[C@H](Oc1cc(-c2cnc3ccccn23)sc1CC(N)=O)c1ccccc1Br. The van der Waals surface area contributed by atoms with E-state index < -0.39 is 0 Å². The number of imidazole rings is 1. The van der Waals surface area contributed by atoms with Crippen LogP contribution in [0, 0.1) is 0 Å². The van der Waals surface area contributed by atoms with Gasteiger partial charge in [0, 0.05) is 22.3 Å². The molecule has 0 aliphatic carbocycles. The monoisotopic (exact) mass is 455 g/mol. The standard InChI is InChI=1S/C21H18BrN3O2S/c1-13(14-6-2-3-7-15(14)22)27-17-10-18(28-19(17)11-20(23)26)16-12-24-21-8-4-5-9-25(16)21/h2-10,12-13H,11H2,1H3,(H2,23,26)/t13-/m0/s1. The fourth-order valence-corrected chi connectivity index (χ4v) is 4.81. The molecule has 142 valence electrons. The fourth-order valence-electron chi connectivity index (χ4n) is 3.09. The van der Waals surface area contributed by atoms with Crippen LogP contribution in [0.5, 0.6) is 5.75 Å². The topological polar surface area (TPSA) is 69.6 Å². The molecule has 0 aliphatic heterocycles. The number of carbonyl (C=O) groups excluding carboxylic acids is 1. The predicted molar refractivity (Wildman–Crippen MR) is 115 cm³/mol. The normalized spacial score (nSPS) is 12.2. The quantitative estimate of drug-likeness (QED) is 0.444. The van der Waals surface area contributed by atoms with Gasteiger partial charge in [-0.1, -0.05) is 40.2 Å². The van der Waals surface area contributed by atoms with E-state index in [1.165, 1.54) is 11.3 Å². The second kappa shape index (κ2) is 7.77. The van der Waals surface area contributed by atoms with Crippen LogP contribution < -0.4 is 10.5 Å². The van der Waals surface area contributed by atoms with Crippen molar-refractivity contribution in [1.82, 2.24) is 9.38 Å². The highest BCUT2D eigenvalue weighted by Crippen LogP contribution is 2.39. The Hall–Kier alpha value is -2.64. The van der Waals surface area contributed by atoms with Gasteiger partial charge in [0.2, 0.25) is 5.91 Å². The Bertz CT molecular complexity index is 1150. The lowest BCUT2D eigenvalue weighted by Crippen LogP contribution is -2.13. The van der Waals surface area contributed by atoms with Gasteiger partial charge in [0.15, 0.2) is 0 Å². The third-order valence-electron chi connectivity index (χ3n) is 4.42. The molecular formula is C21H18BrN3O2S. The van der Waals surface area contributed by atoms with Crippen molar-refractivity contribution in [2.24, 2.45) is 5.73 Å². The molecule has 1 atom stereocenters. The van der Waals surface area contributed by atoms with Gasteiger partial charge in [-0.05, 0) is 25.1 Å². The van der Waals surface area contributed by atoms with Crippen molar-refractivity contribution in [2.45, 2.75) is 19.4 Å². The van der Waals surface area contributed by atoms with Crippen LogP contribution in [0.15, 0.2) is 65.4 Å². The third-order valence-corrected chi connectivity index (χ3v) is 6.28. The molecule has 0 fully saturated rings. The minimum atomic E-state index is -0.384. The summed E-state index contributed by atoms with van der Waals surface area (Å²) in [6, 6.07) is 15.8. The number of halogens is 1. The van der Waals surface area contributed by atoms with E-state index >= 15 is 0 Å². The molecule has 1 aromatic carbocycles. The third kappa shape index (κ3) is 3.68. The van der Waals surface area contributed by atoms with E-state index in [2.05, 4.69) is 20.9 Å². The summed E-state index contributed by atoms with van der Waals surface area (Å²) in [5.74, 6) is 0.290. The number of nitrogens with two attached hydrogens (primary N) is 1. The Morgan fingerprint density at radius 1 is 1.29 bits per heavy atom. The second-order valence-corrected chi connectivity index (χ2v) is 8.39. The number of hydrogen-bond acceptors (Lipinski definition) is 4. The molecular weight excluding hydrogens is 438 g/mol. The van der Waals surface area contributed by atoms with E-state index in [0.717, 1.165) is 31.1 Å². The van der Waals surface area contributed by atoms with Gasteiger partial charge >= 0.3 is 0 Å². The highest BCUT2D eigenvalue weighted by Gasteiger charge is 2.19. The van der Waals surface area contributed by atoms with E-state index in [0.29, 0.717) is 5.75 Å². The molecule has 0 unspecified atom stereocenters. The van der Waals surface area contributed by atoms with Crippen LogP contribution >= 0.6 is 27.3 Å². The first-order chi connectivity index (χ1) is 13.5. The number of primary amides is 1. The maximum atomic E-state index is 11.6. The zero-order chi connectivity index (χ0) is 19.7. The van der Waals surface area contributed by atoms with Crippen LogP contribution in [-0.2, 0) is 11.2 Å². The number of fused-ring (bicyclic) bond motifs is 1. The number of rotatable bonds is 6. The highest BCUT2D eigenvalue weighted by molar-refractivity contribution is 9.10. The molecule has 5 nitrogen and oxygen atoms in total. The zero-order valence-corrected chi connectivity index (χ0v) is 17.5. The van der Waals surface area contributed by atoms with Gasteiger partial charge in [-0.15, -0.1) is 11.3 Å². The summed E-state index contributed by atoms with van der Waals surface area (Å²) in [6.07, 6.45) is 3.75. The Morgan fingerprint density at radius 2 is 2.07 bits per heavy atom. The first kappa shape index (κ1) is 18.7. The molecule has 0 radical (unpaired) electrons. The molecule has 0 aliphatic rings. The lowest BCUT2D eigenvalue weighted by atomic mass is 10.1. The summed E-state index contributed by atoms with van der Waals surface area (Å²) in [6.45, 7) is 1.99. The molecule has 3 heterocycles. The first-order valence-electron chi connectivity index (χ1n) is 8.77. The molecule has 0 bridgehead atoms. The summed E-state index contributed by atoms with van der Waals surface area (Å²) >= 11 is 5.07. The molecule has 4 aromatic rings. The van der Waals surface area contributed by atoms with Crippen molar-refractivity contribution in [3.8, 4) is 16.3 Å². The van der Waals surface area contributed by atoms with E-state index in [1.54, 1.807) is 0 Å². The highest BCUT2D eigenvalue weighted by atomic mass is 79.9. The average molecular weight is 456 g/mol. The summed E-state index contributed by atoms with van der Waals surface area (Å²) in [4.78, 5) is 17.8. The maximum absolute atomic E-state index is 11.6. The second-order valence-electron chi connectivity index (χ2n) is 6.40. The Kier molecular flexibility index (Phi) is 5.19. The van der Waals surface area contributed by atoms with Crippen molar-refractivity contribution in [3.05, 3.63) is 75.8 Å².